The van der Waals surface area contributed by atoms with E-state index in [2.05, 4.69) is 0 Å². The zero-order valence-electron chi connectivity index (χ0n) is 19.7. The molecule has 1 rings (SSSR count). The van der Waals surface area contributed by atoms with Crippen molar-refractivity contribution in [2.75, 3.05) is 14.1 Å². The second-order valence-corrected chi connectivity index (χ2v) is 9.42. The van der Waals surface area contributed by atoms with Crippen molar-refractivity contribution in [3.05, 3.63) is 46.8 Å². The summed E-state index contributed by atoms with van der Waals surface area (Å²) in [6, 6.07) is 5.44. The topological polar surface area (TPSA) is 76.2 Å². The number of hydrogen-bond donors (Lipinski definition) is 0. The number of ether oxygens (including phenoxy) is 2. The first kappa shape index (κ1) is 25.2. The van der Waals surface area contributed by atoms with E-state index in [9.17, 15) is 14.4 Å². The van der Waals surface area contributed by atoms with Crippen LogP contribution in [-0.2, 0) is 9.47 Å². The molecule has 7 heteroatoms. The summed E-state index contributed by atoms with van der Waals surface area (Å²) in [7, 11) is 3.39. The maximum Gasteiger partial charge on any atom is 0.424 e. The molecule has 2 amide bonds. The Kier molecular flexibility index (Phi) is 7.83. The molecule has 0 heterocycles. The number of benzene rings is 1. The first-order chi connectivity index (χ1) is 13.5. The number of nitrogens with zero attached hydrogens (tertiary/aromatic N) is 2. The largest absolute Gasteiger partial charge is 0.443 e. The maximum absolute atomic E-state index is 13.5. The molecule has 0 fully saturated rings. The highest BCUT2D eigenvalue weighted by molar-refractivity contribution is 6.13. The Labute approximate surface area is 179 Å². The van der Waals surface area contributed by atoms with Crippen LogP contribution in [0.3, 0.4) is 0 Å². The van der Waals surface area contributed by atoms with E-state index in [1.165, 1.54) is 6.20 Å². The Balaban J connectivity index is 3.61. The van der Waals surface area contributed by atoms with Crippen molar-refractivity contribution in [3.8, 4) is 0 Å². The van der Waals surface area contributed by atoms with Gasteiger partial charge in [0, 0.05) is 25.9 Å². The molecule has 0 aliphatic heterocycles. The third kappa shape index (κ3) is 7.54. The van der Waals surface area contributed by atoms with Crippen molar-refractivity contribution in [2.45, 2.75) is 66.6 Å². The van der Waals surface area contributed by atoms with Crippen molar-refractivity contribution in [2.24, 2.45) is 0 Å². The zero-order chi connectivity index (χ0) is 23.4. The number of Topliss-reactive ketones (excluding diaryl/α,β-unsaturated/α-hetero) is 1. The number of amides is 2. The minimum Gasteiger partial charge on any atom is -0.443 e. The lowest BCUT2D eigenvalue weighted by molar-refractivity contribution is 0.00752. The van der Waals surface area contributed by atoms with Gasteiger partial charge in [0.25, 0.3) is 0 Å². The van der Waals surface area contributed by atoms with Gasteiger partial charge in [0.05, 0.1) is 0 Å². The van der Waals surface area contributed by atoms with Gasteiger partial charge in [0.15, 0.2) is 0 Å². The highest BCUT2D eigenvalue weighted by Crippen LogP contribution is 2.23. The molecule has 0 N–H and O–H groups in total. The molecule has 0 radical (unpaired) electrons. The Morgan fingerprint density at radius 2 is 1.33 bits per heavy atom. The van der Waals surface area contributed by atoms with Crippen LogP contribution in [0.1, 0.15) is 63.0 Å². The molecular weight excluding hydrogens is 384 g/mol. The minimum absolute atomic E-state index is 0.155. The van der Waals surface area contributed by atoms with Crippen LogP contribution in [0.25, 0.3) is 0 Å². The molecule has 0 spiro atoms. The predicted octanol–water partition coefficient (Wildman–Crippen LogP) is 5.06. The standard InChI is InChI=1S/C23H34N2O5/c1-15-11-12-16(2)17(13-15)19(26)18(14-24(9)10)25(20(27)29-22(3,4)5)21(28)30-23(6,7)8/h11-14H,1-10H3/b18-14-. The normalized spacial score (nSPS) is 12.3. The van der Waals surface area contributed by atoms with Crippen LogP contribution in [0.2, 0.25) is 0 Å². The Hall–Kier alpha value is -2.83. The molecule has 0 aliphatic carbocycles. The van der Waals surface area contributed by atoms with Gasteiger partial charge in [-0.25, -0.2) is 9.59 Å². The third-order valence-electron chi connectivity index (χ3n) is 3.64. The van der Waals surface area contributed by atoms with Gasteiger partial charge in [0.2, 0.25) is 5.78 Å². The molecule has 0 bridgehead atoms. The molecule has 1 aromatic rings. The van der Waals surface area contributed by atoms with Crippen molar-refractivity contribution in [3.63, 3.8) is 0 Å². The summed E-state index contributed by atoms with van der Waals surface area (Å²) >= 11 is 0. The number of allylic oxidation sites excluding steroid dienone is 1. The van der Waals surface area contributed by atoms with E-state index in [0.717, 1.165) is 11.1 Å². The van der Waals surface area contributed by atoms with Gasteiger partial charge in [-0.05, 0) is 67.0 Å². The van der Waals surface area contributed by atoms with Crippen LogP contribution in [0.5, 0.6) is 0 Å². The van der Waals surface area contributed by atoms with Gasteiger partial charge in [-0.15, -0.1) is 0 Å². The van der Waals surface area contributed by atoms with E-state index < -0.39 is 29.2 Å². The molecule has 0 aliphatic rings. The first-order valence-electron chi connectivity index (χ1n) is 9.78. The molecule has 166 valence electrons. The Morgan fingerprint density at radius 3 is 1.73 bits per heavy atom. The van der Waals surface area contributed by atoms with Crippen molar-refractivity contribution in [1.29, 1.82) is 0 Å². The van der Waals surface area contributed by atoms with Crippen LogP contribution >= 0.6 is 0 Å². The Morgan fingerprint density at radius 1 is 0.867 bits per heavy atom. The highest BCUT2D eigenvalue weighted by atomic mass is 16.6. The molecule has 0 saturated carbocycles. The summed E-state index contributed by atoms with van der Waals surface area (Å²) in [5, 5.41) is 0. The number of carbonyl (C=O) groups excluding carboxylic acids is 3. The fourth-order valence-electron chi connectivity index (χ4n) is 2.47. The average Bonchev–Trinajstić information content (AvgIpc) is 2.52. The quantitative estimate of drug-likeness (QED) is 0.502. The van der Waals surface area contributed by atoms with Gasteiger partial charge in [-0.2, -0.15) is 4.90 Å². The number of ketones is 1. The van der Waals surface area contributed by atoms with Gasteiger partial charge in [-0.3, -0.25) is 4.79 Å². The maximum atomic E-state index is 13.5. The fraction of sp³-hybridized carbons (Fsp3) is 0.522. The van der Waals surface area contributed by atoms with Crippen LogP contribution in [0.4, 0.5) is 9.59 Å². The monoisotopic (exact) mass is 418 g/mol. The number of hydrogen-bond acceptors (Lipinski definition) is 6. The zero-order valence-corrected chi connectivity index (χ0v) is 19.7. The Bertz CT molecular complexity index is 814. The van der Waals surface area contributed by atoms with Gasteiger partial charge >= 0.3 is 12.2 Å². The highest BCUT2D eigenvalue weighted by Gasteiger charge is 2.37. The summed E-state index contributed by atoms with van der Waals surface area (Å²) in [5.41, 5.74) is 0.0985. The van der Waals surface area contributed by atoms with E-state index >= 15 is 0 Å². The number of rotatable bonds is 4. The lowest BCUT2D eigenvalue weighted by Crippen LogP contribution is -2.45. The molecular formula is C23H34N2O5. The smallest absolute Gasteiger partial charge is 0.424 e. The van der Waals surface area contributed by atoms with E-state index in [0.29, 0.717) is 10.5 Å². The third-order valence-corrected chi connectivity index (χ3v) is 3.64. The molecule has 0 atom stereocenters. The molecule has 0 unspecified atom stereocenters. The van der Waals surface area contributed by atoms with Crippen molar-refractivity contribution >= 4 is 18.0 Å². The minimum atomic E-state index is -0.983. The average molecular weight is 419 g/mol. The molecule has 0 saturated heterocycles. The lowest BCUT2D eigenvalue weighted by Gasteiger charge is -2.30. The van der Waals surface area contributed by atoms with E-state index in [1.54, 1.807) is 73.5 Å². The van der Waals surface area contributed by atoms with Crippen molar-refractivity contribution < 1.29 is 23.9 Å². The van der Waals surface area contributed by atoms with E-state index in [4.69, 9.17) is 9.47 Å². The second kappa shape index (κ2) is 9.32. The summed E-state index contributed by atoms with van der Waals surface area (Å²) < 4.78 is 10.8. The SMILES string of the molecule is Cc1ccc(C)c(C(=O)/C(=C/N(C)C)N(C(=O)OC(C)(C)C)C(=O)OC(C)(C)C)c1. The predicted molar refractivity (Wildman–Crippen MR) is 116 cm³/mol. The number of imide groups is 1. The number of carbonyl (C=O) groups is 3. The summed E-state index contributed by atoms with van der Waals surface area (Å²) in [6.45, 7) is 13.7. The molecule has 30 heavy (non-hydrogen) atoms. The first-order valence-corrected chi connectivity index (χ1v) is 9.78. The summed E-state index contributed by atoms with van der Waals surface area (Å²) in [6.07, 6.45) is -0.551. The van der Waals surface area contributed by atoms with E-state index in [-0.39, 0.29) is 5.70 Å². The molecule has 0 aromatic heterocycles. The van der Waals surface area contributed by atoms with Crippen LogP contribution in [0.15, 0.2) is 30.1 Å². The summed E-state index contributed by atoms with van der Waals surface area (Å²) in [5.74, 6) is -0.485. The lowest BCUT2D eigenvalue weighted by atomic mass is 10.00. The van der Waals surface area contributed by atoms with Gasteiger partial charge in [0.1, 0.15) is 16.9 Å². The second-order valence-electron chi connectivity index (χ2n) is 9.42. The van der Waals surface area contributed by atoms with Gasteiger partial charge < -0.3 is 14.4 Å². The van der Waals surface area contributed by atoms with Gasteiger partial charge in [-0.1, -0.05) is 17.7 Å². The fourth-order valence-corrected chi connectivity index (χ4v) is 2.47. The molecule has 1 aromatic carbocycles. The molecule has 7 nitrogen and oxygen atoms in total. The van der Waals surface area contributed by atoms with Crippen LogP contribution < -0.4 is 0 Å². The number of aryl methyl sites for hydroxylation is 2. The van der Waals surface area contributed by atoms with Crippen LogP contribution in [0, 0.1) is 13.8 Å². The summed E-state index contributed by atoms with van der Waals surface area (Å²) in [4.78, 5) is 41.7. The van der Waals surface area contributed by atoms with Crippen molar-refractivity contribution in [1.82, 2.24) is 9.80 Å². The van der Waals surface area contributed by atoms with E-state index in [1.807, 2.05) is 19.1 Å². The van der Waals surface area contributed by atoms with Crippen LogP contribution in [-0.4, -0.2) is 53.1 Å².